The molecule has 0 amide bonds. The van der Waals surface area contributed by atoms with E-state index in [9.17, 15) is 4.79 Å². The highest BCUT2D eigenvalue weighted by atomic mass is 16.3. The molecule has 100 valence electrons. The monoisotopic (exact) mass is 264 g/mol. The number of rotatable bonds is 2. The van der Waals surface area contributed by atoms with Crippen molar-refractivity contribution in [3.8, 4) is 0 Å². The summed E-state index contributed by atoms with van der Waals surface area (Å²) in [7, 11) is 0. The molecule has 0 aliphatic heterocycles. The summed E-state index contributed by atoms with van der Waals surface area (Å²) < 4.78 is 5.76. The largest absolute Gasteiger partial charge is 0.452 e. The molecular weight excluding hydrogens is 248 g/mol. The van der Waals surface area contributed by atoms with Crippen molar-refractivity contribution < 1.29 is 9.21 Å². The average molecular weight is 264 g/mol. The minimum atomic E-state index is -0.0539. The summed E-state index contributed by atoms with van der Waals surface area (Å²) in [5, 5.41) is 0.971. The van der Waals surface area contributed by atoms with Gasteiger partial charge < -0.3 is 4.42 Å². The Balaban J connectivity index is 2.13. The molecule has 0 bridgehead atoms. The second kappa shape index (κ2) is 4.64. The second-order valence-electron chi connectivity index (χ2n) is 5.18. The molecule has 3 aromatic rings. The number of para-hydroxylation sites is 1. The molecule has 0 unspecified atom stereocenters. The van der Waals surface area contributed by atoms with E-state index in [1.54, 1.807) is 0 Å². The second-order valence-corrected chi connectivity index (χ2v) is 5.18. The van der Waals surface area contributed by atoms with Gasteiger partial charge in [0.2, 0.25) is 5.78 Å². The molecule has 0 aliphatic rings. The third kappa shape index (κ3) is 1.94. The molecule has 1 heterocycles. The Morgan fingerprint density at radius 1 is 0.950 bits per heavy atom. The zero-order valence-electron chi connectivity index (χ0n) is 11.9. The molecule has 2 heteroatoms. The third-order valence-electron chi connectivity index (χ3n) is 3.81. The predicted octanol–water partition coefficient (Wildman–Crippen LogP) is 4.59. The van der Waals surface area contributed by atoms with Crippen LogP contribution in [0.1, 0.15) is 32.8 Å². The number of carbonyl (C=O) groups excluding carboxylic acids is 1. The lowest BCUT2D eigenvalue weighted by atomic mass is 9.99. The number of carbonyl (C=O) groups is 1. The SMILES string of the molecule is Cc1cccc(C(=O)c2cc3cccc(C)c3o2)c1C. The van der Waals surface area contributed by atoms with E-state index in [-0.39, 0.29) is 5.78 Å². The van der Waals surface area contributed by atoms with Gasteiger partial charge in [0.15, 0.2) is 5.76 Å². The lowest BCUT2D eigenvalue weighted by Crippen LogP contribution is -2.03. The molecule has 0 N–H and O–H groups in total. The van der Waals surface area contributed by atoms with E-state index in [1.165, 1.54) is 0 Å². The Morgan fingerprint density at radius 3 is 2.40 bits per heavy atom. The Morgan fingerprint density at radius 2 is 1.65 bits per heavy atom. The Bertz CT molecular complexity index is 809. The molecule has 0 saturated heterocycles. The molecular formula is C18H16O2. The van der Waals surface area contributed by atoms with Crippen molar-refractivity contribution in [2.45, 2.75) is 20.8 Å². The fourth-order valence-corrected chi connectivity index (χ4v) is 2.45. The van der Waals surface area contributed by atoms with Crippen LogP contribution in [-0.2, 0) is 0 Å². The van der Waals surface area contributed by atoms with Gasteiger partial charge in [0, 0.05) is 10.9 Å². The van der Waals surface area contributed by atoms with Crippen LogP contribution < -0.4 is 0 Å². The van der Waals surface area contributed by atoms with Crippen LogP contribution in [0.2, 0.25) is 0 Å². The summed E-state index contributed by atoms with van der Waals surface area (Å²) in [5.41, 5.74) is 4.67. The predicted molar refractivity (Wildman–Crippen MR) is 80.3 cm³/mol. The summed E-state index contributed by atoms with van der Waals surface area (Å²) in [6.45, 7) is 5.96. The van der Waals surface area contributed by atoms with Gasteiger partial charge in [-0.1, -0.05) is 36.4 Å². The van der Waals surface area contributed by atoms with Crippen molar-refractivity contribution in [1.29, 1.82) is 0 Å². The number of fused-ring (bicyclic) bond motifs is 1. The molecule has 3 rings (SSSR count). The fourth-order valence-electron chi connectivity index (χ4n) is 2.45. The van der Waals surface area contributed by atoms with Crippen LogP contribution in [0.4, 0.5) is 0 Å². The van der Waals surface area contributed by atoms with Crippen molar-refractivity contribution in [3.63, 3.8) is 0 Å². The van der Waals surface area contributed by atoms with Crippen molar-refractivity contribution in [1.82, 2.24) is 0 Å². The molecule has 0 fully saturated rings. The van der Waals surface area contributed by atoms with Gasteiger partial charge in [-0.3, -0.25) is 4.79 Å². The van der Waals surface area contributed by atoms with Crippen molar-refractivity contribution in [2.24, 2.45) is 0 Å². The molecule has 0 spiro atoms. The Labute approximate surface area is 118 Å². The van der Waals surface area contributed by atoms with Crippen LogP contribution in [0.5, 0.6) is 0 Å². The minimum Gasteiger partial charge on any atom is -0.452 e. The number of benzene rings is 2. The first-order valence-electron chi connectivity index (χ1n) is 6.68. The van der Waals surface area contributed by atoms with Gasteiger partial charge in [0.25, 0.3) is 0 Å². The van der Waals surface area contributed by atoms with E-state index in [4.69, 9.17) is 4.42 Å². The zero-order valence-corrected chi connectivity index (χ0v) is 11.9. The van der Waals surface area contributed by atoms with Crippen LogP contribution in [0.15, 0.2) is 46.9 Å². The third-order valence-corrected chi connectivity index (χ3v) is 3.81. The first-order chi connectivity index (χ1) is 9.58. The lowest BCUT2D eigenvalue weighted by molar-refractivity contribution is 0.101. The Kier molecular flexibility index (Phi) is 2.94. The van der Waals surface area contributed by atoms with Crippen molar-refractivity contribution >= 4 is 16.8 Å². The summed E-state index contributed by atoms with van der Waals surface area (Å²) in [6, 6.07) is 13.5. The highest BCUT2D eigenvalue weighted by molar-refractivity contribution is 6.10. The van der Waals surface area contributed by atoms with E-state index in [0.717, 1.165) is 27.7 Å². The molecule has 20 heavy (non-hydrogen) atoms. The standard InChI is InChI=1S/C18H16O2/c1-11-6-5-9-15(13(11)3)17(19)16-10-14-8-4-7-12(2)18(14)20-16/h4-10H,1-3H3. The number of hydrogen-bond donors (Lipinski definition) is 0. The number of ketones is 1. The van der Waals surface area contributed by atoms with Crippen LogP contribution in [0, 0.1) is 20.8 Å². The molecule has 2 aromatic carbocycles. The maximum Gasteiger partial charge on any atom is 0.228 e. The minimum absolute atomic E-state index is 0.0539. The summed E-state index contributed by atoms with van der Waals surface area (Å²) >= 11 is 0. The normalized spacial score (nSPS) is 10.9. The molecule has 0 saturated carbocycles. The first kappa shape index (κ1) is 12.7. The molecule has 0 radical (unpaired) electrons. The highest BCUT2D eigenvalue weighted by Crippen LogP contribution is 2.25. The van der Waals surface area contributed by atoms with E-state index >= 15 is 0 Å². The highest BCUT2D eigenvalue weighted by Gasteiger charge is 2.17. The van der Waals surface area contributed by atoms with E-state index in [1.807, 2.05) is 63.2 Å². The molecule has 2 nitrogen and oxygen atoms in total. The summed E-state index contributed by atoms with van der Waals surface area (Å²) in [4.78, 5) is 12.6. The lowest BCUT2D eigenvalue weighted by Gasteiger charge is -2.05. The quantitative estimate of drug-likeness (QED) is 0.634. The van der Waals surface area contributed by atoms with E-state index < -0.39 is 0 Å². The van der Waals surface area contributed by atoms with Crippen LogP contribution >= 0.6 is 0 Å². The average Bonchev–Trinajstić information content (AvgIpc) is 2.87. The molecule has 1 aromatic heterocycles. The number of hydrogen-bond acceptors (Lipinski definition) is 2. The summed E-state index contributed by atoms with van der Waals surface area (Å²) in [5.74, 6) is 0.352. The smallest absolute Gasteiger partial charge is 0.228 e. The molecule has 0 atom stereocenters. The Hall–Kier alpha value is -2.35. The van der Waals surface area contributed by atoms with Gasteiger partial charge in [-0.05, 0) is 43.5 Å². The fraction of sp³-hybridized carbons (Fsp3) is 0.167. The van der Waals surface area contributed by atoms with Gasteiger partial charge in [-0.15, -0.1) is 0 Å². The first-order valence-corrected chi connectivity index (χ1v) is 6.68. The van der Waals surface area contributed by atoms with Gasteiger partial charge in [-0.25, -0.2) is 0 Å². The maximum absolute atomic E-state index is 12.6. The number of furan rings is 1. The van der Waals surface area contributed by atoms with E-state index in [0.29, 0.717) is 11.3 Å². The topological polar surface area (TPSA) is 30.2 Å². The van der Waals surface area contributed by atoms with Gasteiger partial charge in [0.05, 0.1) is 0 Å². The van der Waals surface area contributed by atoms with E-state index in [2.05, 4.69) is 0 Å². The van der Waals surface area contributed by atoms with Crippen LogP contribution in [0.3, 0.4) is 0 Å². The van der Waals surface area contributed by atoms with Crippen LogP contribution in [-0.4, -0.2) is 5.78 Å². The van der Waals surface area contributed by atoms with Gasteiger partial charge in [0.1, 0.15) is 5.58 Å². The van der Waals surface area contributed by atoms with Crippen LogP contribution in [0.25, 0.3) is 11.0 Å². The number of aryl methyl sites for hydroxylation is 2. The zero-order chi connectivity index (χ0) is 14.3. The van der Waals surface area contributed by atoms with Crippen molar-refractivity contribution in [3.05, 3.63) is 70.5 Å². The summed E-state index contributed by atoms with van der Waals surface area (Å²) in [6.07, 6.45) is 0. The van der Waals surface area contributed by atoms with Gasteiger partial charge in [-0.2, -0.15) is 0 Å². The maximum atomic E-state index is 12.6. The van der Waals surface area contributed by atoms with Gasteiger partial charge >= 0.3 is 0 Å². The molecule has 0 aliphatic carbocycles. The van der Waals surface area contributed by atoms with Crippen molar-refractivity contribution in [2.75, 3.05) is 0 Å².